The van der Waals surface area contributed by atoms with Crippen LogP contribution in [0.1, 0.15) is 36.1 Å². The molecule has 1 unspecified atom stereocenters. The normalized spacial score (nSPS) is 12.6. The largest absolute Gasteiger partial charge is 0.388 e. The van der Waals surface area contributed by atoms with Gasteiger partial charge in [0.2, 0.25) is 0 Å². The molecule has 2 rings (SSSR count). The first-order chi connectivity index (χ1) is 9.10. The molecule has 1 aromatic carbocycles. The summed E-state index contributed by atoms with van der Waals surface area (Å²) >= 11 is 6.18. The van der Waals surface area contributed by atoms with Crippen LogP contribution in [0.2, 0.25) is 5.02 Å². The second-order valence-electron chi connectivity index (χ2n) is 4.85. The van der Waals surface area contributed by atoms with Crippen LogP contribution >= 0.6 is 11.6 Å². The first-order valence-electron chi connectivity index (χ1n) is 6.55. The van der Waals surface area contributed by atoms with Crippen LogP contribution in [-0.2, 0) is 13.0 Å². The predicted molar refractivity (Wildman–Crippen MR) is 77.4 cm³/mol. The van der Waals surface area contributed by atoms with E-state index in [0.717, 1.165) is 29.7 Å². The van der Waals surface area contributed by atoms with Crippen molar-refractivity contribution in [3.63, 3.8) is 0 Å². The quantitative estimate of drug-likeness (QED) is 0.909. The average molecular weight is 279 g/mol. The molecule has 19 heavy (non-hydrogen) atoms. The molecule has 0 aliphatic carbocycles. The second kappa shape index (κ2) is 6.22. The van der Waals surface area contributed by atoms with Crippen molar-refractivity contribution in [1.82, 2.24) is 9.78 Å². The van der Waals surface area contributed by atoms with Crippen molar-refractivity contribution in [2.24, 2.45) is 0 Å². The molecule has 2 aromatic rings. The van der Waals surface area contributed by atoms with E-state index in [-0.39, 0.29) is 0 Å². The highest BCUT2D eigenvalue weighted by Gasteiger charge is 2.13. The fourth-order valence-electron chi connectivity index (χ4n) is 2.05. The van der Waals surface area contributed by atoms with Gasteiger partial charge in [0.1, 0.15) is 0 Å². The summed E-state index contributed by atoms with van der Waals surface area (Å²) < 4.78 is 1.86. The van der Waals surface area contributed by atoms with E-state index < -0.39 is 6.10 Å². The molecule has 0 amide bonds. The fraction of sp³-hybridized carbons (Fsp3) is 0.400. The van der Waals surface area contributed by atoms with Gasteiger partial charge < -0.3 is 5.11 Å². The molecule has 0 saturated carbocycles. The van der Waals surface area contributed by atoms with Gasteiger partial charge in [0.25, 0.3) is 0 Å². The van der Waals surface area contributed by atoms with Gasteiger partial charge in [-0.25, -0.2) is 0 Å². The molecule has 1 atom stereocenters. The van der Waals surface area contributed by atoms with E-state index in [9.17, 15) is 5.11 Å². The summed E-state index contributed by atoms with van der Waals surface area (Å²) in [5.74, 6) is 0. The number of aliphatic hydroxyl groups is 1. The van der Waals surface area contributed by atoms with E-state index in [2.05, 4.69) is 12.0 Å². The Kier molecular flexibility index (Phi) is 4.61. The van der Waals surface area contributed by atoms with Gasteiger partial charge in [-0.3, -0.25) is 4.68 Å². The number of aryl methyl sites for hydroxylation is 2. The fourth-order valence-corrected chi connectivity index (χ4v) is 2.36. The van der Waals surface area contributed by atoms with Crippen molar-refractivity contribution in [3.05, 3.63) is 52.3 Å². The summed E-state index contributed by atoms with van der Waals surface area (Å²) in [7, 11) is 0. The summed E-state index contributed by atoms with van der Waals surface area (Å²) in [6.45, 7) is 4.97. The third-order valence-corrected chi connectivity index (χ3v) is 3.46. The van der Waals surface area contributed by atoms with Crippen LogP contribution in [0.3, 0.4) is 0 Å². The Hall–Kier alpha value is -1.32. The molecule has 0 bridgehead atoms. The van der Waals surface area contributed by atoms with Crippen molar-refractivity contribution >= 4 is 11.6 Å². The molecule has 4 heteroatoms. The molecule has 1 aromatic heterocycles. The minimum Gasteiger partial charge on any atom is -0.388 e. The highest BCUT2D eigenvalue weighted by atomic mass is 35.5. The number of hydrogen-bond acceptors (Lipinski definition) is 2. The zero-order chi connectivity index (χ0) is 13.8. The number of aromatic nitrogens is 2. The molecule has 0 radical (unpaired) electrons. The lowest BCUT2D eigenvalue weighted by Gasteiger charge is -2.10. The van der Waals surface area contributed by atoms with Crippen molar-refractivity contribution < 1.29 is 5.11 Å². The van der Waals surface area contributed by atoms with Gasteiger partial charge in [0, 0.05) is 29.7 Å². The van der Waals surface area contributed by atoms with E-state index >= 15 is 0 Å². The van der Waals surface area contributed by atoms with Crippen LogP contribution in [-0.4, -0.2) is 14.9 Å². The van der Waals surface area contributed by atoms with Crippen LogP contribution in [0.25, 0.3) is 0 Å². The molecule has 3 nitrogen and oxygen atoms in total. The molecule has 0 saturated heterocycles. The smallest absolute Gasteiger partial charge is 0.0861 e. The maximum atomic E-state index is 10.2. The highest BCUT2D eigenvalue weighted by molar-refractivity contribution is 6.31. The van der Waals surface area contributed by atoms with Gasteiger partial charge >= 0.3 is 0 Å². The Balaban J connectivity index is 2.09. The molecule has 0 fully saturated rings. The number of aliphatic hydroxyl groups excluding tert-OH is 1. The summed E-state index contributed by atoms with van der Waals surface area (Å²) in [6, 6.07) is 5.90. The third kappa shape index (κ3) is 3.58. The van der Waals surface area contributed by atoms with Crippen LogP contribution in [0.5, 0.6) is 0 Å². The van der Waals surface area contributed by atoms with Gasteiger partial charge in [-0.2, -0.15) is 5.10 Å². The van der Waals surface area contributed by atoms with Crippen LogP contribution in [0, 0.1) is 6.92 Å². The third-order valence-electron chi connectivity index (χ3n) is 3.11. The minimum atomic E-state index is -0.564. The SMILES string of the molecule is CCCn1cc(C(O)Cc2ccc(C)cc2Cl)cn1. The Morgan fingerprint density at radius 1 is 1.42 bits per heavy atom. The summed E-state index contributed by atoms with van der Waals surface area (Å²) in [4.78, 5) is 0. The number of hydrogen-bond donors (Lipinski definition) is 1. The first-order valence-corrected chi connectivity index (χ1v) is 6.93. The molecule has 102 valence electrons. The van der Waals surface area contributed by atoms with Crippen molar-refractivity contribution in [2.75, 3.05) is 0 Å². The second-order valence-corrected chi connectivity index (χ2v) is 5.26. The van der Waals surface area contributed by atoms with E-state index in [1.54, 1.807) is 6.20 Å². The lowest BCUT2D eigenvalue weighted by Crippen LogP contribution is -2.02. The van der Waals surface area contributed by atoms with Gasteiger partial charge in [-0.1, -0.05) is 30.7 Å². The number of benzene rings is 1. The van der Waals surface area contributed by atoms with E-state index in [1.807, 2.05) is 36.0 Å². The van der Waals surface area contributed by atoms with Gasteiger partial charge in [0.05, 0.1) is 12.3 Å². The average Bonchev–Trinajstić information content (AvgIpc) is 2.82. The molecular formula is C15H19ClN2O. The highest BCUT2D eigenvalue weighted by Crippen LogP contribution is 2.24. The Morgan fingerprint density at radius 3 is 2.89 bits per heavy atom. The molecule has 0 aliphatic rings. The van der Waals surface area contributed by atoms with E-state index in [0.29, 0.717) is 11.4 Å². The summed E-state index contributed by atoms with van der Waals surface area (Å²) in [6.07, 6.45) is 4.60. The summed E-state index contributed by atoms with van der Waals surface area (Å²) in [5, 5.41) is 15.2. The van der Waals surface area contributed by atoms with Crippen molar-refractivity contribution in [2.45, 2.75) is 39.3 Å². The Bertz CT molecular complexity index is 551. The van der Waals surface area contributed by atoms with Crippen molar-refractivity contribution in [1.29, 1.82) is 0 Å². The summed E-state index contributed by atoms with van der Waals surface area (Å²) in [5.41, 5.74) is 2.92. The molecule has 0 spiro atoms. The lowest BCUT2D eigenvalue weighted by atomic mass is 10.0. The van der Waals surface area contributed by atoms with E-state index in [4.69, 9.17) is 11.6 Å². The van der Waals surface area contributed by atoms with Crippen LogP contribution in [0.4, 0.5) is 0 Å². The number of rotatable bonds is 5. The van der Waals surface area contributed by atoms with Gasteiger partial charge in [-0.05, 0) is 30.5 Å². The molecule has 1 N–H and O–H groups in total. The minimum absolute atomic E-state index is 0.511. The standard InChI is InChI=1S/C15H19ClN2O/c1-3-6-18-10-13(9-17-18)15(19)8-12-5-4-11(2)7-14(12)16/h4-5,7,9-10,15,19H,3,6,8H2,1-2H3. The molecule has 0 aliphatic heterocycles. The Morgan fingerprint density at radius 2 is 2.21 bits per heavy atom. The number of halogens is 1. The van der Waals surface area contributed by atoms with Gasteiger partial charge in [-0.15, -0.1) is 0 Å². The lowest BCUT2D eigenvalue weighted by molar-refractivity contribution is 0.178. The predicted octanol–water partition coefficient (Wildman–Crippen LogP) is 3.53. The Labute approximate surface area is 118 Å². The maximum Gasteiger partial charge on any atom is 0.0861 e. The van der Waals surface area contributed by atoms with Crippen LogP contribution in [0.15, 0.2) is 30.6 Å². The number of nitrogens with zero attached hydrogens (tertiary/aromatic N) is 2. The molecule has 1 heterocycles. The first kappa shape index (κ1) is 14.1. The van der Waals surface area contributed by atoms with Gasteiger partial charge in [0.15, 0.2) is 0 Å². The molecular weight excluding hydrogens is 260 g/mol. The maximum absolute atomic E-state index is 10.2. The van der Waals surface area contributed by atoms with E-state index in [1.165, 1.54) is 0 Å². The monoisotopic (exact) mass is 278 g/mol. The van der Waals surface area contributed by atoms with Crippen LogP contribution < -0.4 is 0 Å². The van der Waals surface area contributed by atoms with Crippen molar-refractivity contribution in [3.8, 4) is 0 Å². The zero-order valence-electron chi connectivity index (χ0n) is 11.3. The topological polar surface area (TPSA) is 38.0 Å². The zero-order valence-corrected chi connectivity index (χ0v) is 12.1.